The monoisotopic (exact) mass is 342 g/mol. The summed E-state index contributed by atoms with van der Waals surface area (Å²) in [6, 6.07) is 0. The van der Waals surface area contributed by atoms with Crippen LogP contribution in [0.5, 0.6) is 0 Å². The maximum Gasteiger partial charge on any atom is 0.0427 e. The van der Waals surface area contributed by atoms with Gasteiger partial charge in [0, 0.05) is 45.5 Å². The molecular weight excluding hydrogens is 326 g/mol. The third-order valence-corrected chi connectivity index (χ3v) is 6.03. The first-order valence-corrected chi connectivity index (χ1v) is 9.51. The van der Waals surface area contributed by atoms with Crippen molar-refractivity contribution in [1.82, 2.24) is 0 Å². The van der Waals surface area contributed by atoms with Crippen LogP contribution < -0.4 is 0 Å². The molecule has 6 heteroatoms. The van der Waals surface area contributed by atoms with E-state index in [1.54, 1.807) is 23.5 Å². The summed E-state index contributed by atoms with van der Waals surface area (Å²) in [4.78, 5) is 0. The van der Waals surface area contributed by atoms with Crippen LogP contribution in [-0.2, 0) is 0 Å². The molecule has 0 N–H and O–H groups in total. The summed E-state index contributed by atoms with van der Waals surface area (Å²) in [5, 5.41) is 0.431. The summed E-state index contributed by atoms with van der Waals surface area (Å²) in [7, 11) is 0. The van der Waals surface area contributed by atoms with Crippen LogP contribution in [0.1, 0.15) is 12.8 Å². The van der Waals surface area contributed by atoms with E-state index in [-0.39, 0.29) is 10.8 Å². The Morgan fingerprint density at radius 3 is 1.44 bits per heavy atom. The summed E-state index contributed by atoms with van der Waals surface area (Å²) < 4.78 is 0. The molecule has 0 aromatic heterocycles. The molecule has 0 radical (unpaired) electrons. The fourth-order valence-electron chi connectivity index (χ4n) is 1.06. The molecule has 2 atom stereocenters. The van der Waals surface area contributed by atoms with E-state index in [9.17, 15) is 0 Å². The molecule has 0 bridgehead atoms. The van der Waals surface area contributed by atoms with Crippen LogP contribution >= 0.6 is 69.9 Å². The molecule has 0 heterocycles. The second-order valence-electron chi connectivity index (χ2n) is 3.30. The number of thioether (sulfide) groups is 2. The summed E-state index contributed by atoms with van der Waals surface area (Å²) in [5.74, 6) is 5.27. The van der Waals surface area contributed by atoms with Gasteiger partial charge in [0.05, 0.1) is 0 Å². The molecule has 0 aliphatic carbocycles. The lowest BCUT2D eigenvalue weighted by molar-refractivity contribution is 0.723. The summed E-state index contributed by atoms with van der Waals surface area (Å²) >= 11 is 27.1. The predicted octanol–water partition coefficient (Wildman–Crippen LogP) is 4.93. The highest BCUT2D eigenvalue weighted by atomic mass is 35.5. The zero-order valence-corrected chi connectivity index (χ0v) is 13.8. The SMILES string of the molecule is ClCCSCC(Cl)CCC(Cl)CSCCCl. The Kier molecular flexibility index (Phi) is 14.8. The van der Waals surface area contributed by atoms with Crippen LogP contribution in [0.4, 0.5) is 0 Å². The molecular formula is C10H18Cl4S2. The third-order valence-electron chi connectivity index (χ3n) is 1.83. The van der Waals surface area contributed by atoms with Crippen molar-refractivity contribution in [1.29, 1.82) is 0 Å². The fraction of sp³-hybridized carbons (Fsp3) is 1.00. The molecule has 0 fully saturated rings. The van der Waals surface area contributed by atoms with Gasteiger partial charge in [-0.15, -0.1) is 46.4 Å². The smallest absolute Gasteiger partial charge is 0.0427 e. The minimum absolute atomic E-state index is 0.215. The van der Waals surface area contributed by atoms with Gasteiger partial charge in [-0.25, -0.2) is 0 Å². The van der Waals surface area contributed by atoms with Crippen molar-refractivity contribution in [2.75, 3.05) is 34.8 Å². The fourth-order valence-corrected chi connectivity index (χ4v) is 3.90. The molecule has 0 aliphatic rings. The Bertz CT molecular complexity index is 133. The second-order valence-corrected chi connectivity index (χ2v) is 7.59. The first-order valence-electron chi connectivity index (χ1n) is 5.26. The number of hydrogen-bond acceptors (Lipinski definition) is 2. The molecule has 98 valence electrons. The van der Waals surface area contributed by atoms with Gasteiger partial charge in [-0.2, -0.15) is 23.5 Å². The van der Waals surface area contributed by atoms with Crippen molar-refractivity contribution in [2.45, 2.75) is 23.6 Å². The molecule has 16 heavy (non-hydrogen) atoms. The van der Waals surface area contributed by atoms with Crippen molar-refractivity contribution in [3.05, 3.63) is 0 Å². The molecule has 0 saturated heterocycles. The van der Waals surface area contributed by atoms with Gasteiger partial charge < -0.3 is 0 Å². The Labute approximate surface area is 127 Å². The van der Waals surface area contributed by atoms with Gasteiger partial charge >= 0.3 is 0 Å². The summed E-state index contributed by atoms with van der Waals surface area (Å²) in [6.07, 6.45) is 1.96. The molecule has 0 saturated carbocycles. The Morgan fingerprint density at radius 2 is 1.12 bits per heavy atom. The highest BCUT2D eigenvalue weighted by Crippen LogP contribution is 2.19. The number of hydrogen-bond donors (Lipinski definition) is 0. The zero-order valence-electron chi connectivity index (χ0n) is 9.14. The summed E-state index contributed by atoms with van der Waals surface area (Å²) in [6.45, 7) is 0. The van der Waals surface area contributed by atoms with E-state index in [0.29, 0.717) is 11.8 Å². The van der Waals surface area contributed by atoms with Gasteiger partial charge in [-0.05, 0) is 12.8 Å². The normalized spacial score (nSPS) is 15.0. The average molecular weight is 344 g/mol. The quantitative estimate of drug-likeness (QED) is 0.385. The van der Waals surface area contributed by atoms with Crippen molar-refractivity contribution in [2.24, 2.45) is 0 Å². The predicted molar refractivity (Wildman–Crippen MR) is 84.6 cm³/mol. The molecule has 0 rings (SSSR count). The standard InChI is InChI=1S/C10H18Cl4S2/c11-3-5-15-7-9(13)1-2-10(14)8-16-6-4-12/h9-10H,1-8H2. The number of halogens is 4. The van der Waals surface area contributed by atoms with Crippen molar-refractivity contribution in [3.63, 3.8) is 0 Å². The van der Waals surface area contributed by atoms with Crippen molar-refractivity contribution in [3.8, 4) is 0 Å². The minimum atomic E-state index is 0.215. The number of alkyl halides is 4. The highest BCUT2D eigenvalue weighted by Gasteiger charge is 2.09. The van der Waals surface area contributed by atoms with Crippen LogP contribution in [-0.4, -0.2) is 45.5 Å². The second kappa shape index (κ2) is 13.3. The van der Waals surface area contributed by atoms with E-state index in [2.05, 4.69) is 0 Å². The van der Waals surface area contributed by atoms with E-state index in [0.717, 1.165) is 35.9 Å². The summed E-state index contributed by atoms with van der Waals surface area (Å²) in [5.41, 5.74) is 0. The zero-order chi connectivity index (χ0) is 12.2. The van der Waals surface area contributed by atoms with Gasteiger partial charge in [0.1, 0.15) is 0 Å². The molecule has 0 amide bonds. The molecule has 0 aliphatic heterocycles. The van der Waals surface area contributed by atoms with E-state index in [1.807, 2.05) is 0 Å². The minimum Gasteiger partial charge on any atom is -0.159 e. The van der Waals surface area contributed by atoms with Gasteiger partial charge in [0.2, 0.25) is 0 Å². The van der Waals surface area contributed by atoms with Crippen LogP contribution in [0.25, 0.3) is 0 Å². The Morgan fingerprint density at radius 1 is 0.750 bits per heavy atom. The van der Waals surface area contributed by atoms with Gasteiger partial charge in [-0.1, -0.05) is 0 Å². The highest BCUT2D eigenvalue weighted by molar-refractivity contribution is 7.99. The largest absolute Gasteiger partial charge is 0.159 e. The molecule has 0 spiro atoms. The van der Waals surface area contributed by atoms with Crippen molar-refractivity contribution < 1.29 is 0 Å². The van der Waals surface area contributed by atoms with E-state index < -0.39 is 0 Å². The Hall–Kier alpha value is 1.86. The van der Waals surface area contributed by atoms with E-state index in [4.69, 9.17) is 46.4 Å². The Balaban J connectivity index is 3.32. The van der Waals surface area contributed by atoms with Gasteiger partial charge in [-0.3, -0.25) is 0 Å². The molecule has 0 nitrogen and oxygen atoms in total. The maximum absolute atomic E-state index is 6.17. The topological polar surface area (TPSA) is 0 Å². The van der Waals surface area contributed by atoms with Crippen molar-refractivity contribution >= 4 is 69.9 Å². The molecule has 0 aromatic carbocycles. The van der Waals surface area contributed by atoms with Crippen LogP contribution in [0, 0.1) is 0 Å². The van der Waals surface area contributed by atoms with Gasteiger partial charge in [0.25, 0.3) is 0 Å². The van der Waals surface area contributed by atoms with E-state index >= 15 is 0 Å². The lowest BCUT2D eigenvalue weighted by Gasteiger charge is -2.12. The van der Waals surface area contributed by atoms with Crippen LogP contribution in [0.2, 0.25) is 0 Å². The van der Waals surface area contributed by atoms with Crippen LogP contribution in [0.3, 0.4) is 0 Å². The van der Waals surface area contributed by atoms with Crippen LogP contribution in [0.15, 0.2) is 0 Å². The number of rotatable bonds is 11. The average Bonchev–Trinajstić information content (AvgIpc) is 2.27. The maximum atomic E-state index is 6.17. The first-order chi connectivity index (χ1) is 7.70. The third kappa shape index (κ3) is 12.3. The first kappa shape index (κ1) is 17.9. The lowest BCUT2D eigenvalue weighted by Crippen LogP contribution is -2.10. The molecule has 2 unspecified atom stereocenters. The van der Waals surface area contributed by atoms with E-state index in [1.165, 1.54) is 0 Å². The lowest BCUT2D eigenvalue weighted by atomic mass is 10.2. The molecule has 0 aromatic rings. The van der Waals surface area contributed by atoms with Gasteiger partial charge in [0.15, 0.2) is 0 Å².